The van der Waals surface area contributed by atoms with Gasteiger partial charge in [-0.3, -0.25) is 24.0 Å². The van der Waals surface area contributed by atoms with Crippen LogP contribution in [0, 0.1) is 5.92 Å². The van der Waals surface area contributed by atoms with Gasteiger partial charge in [0.05, 0.1) is 46.7 Å². The highest BCUT2D eigenvalue weighted by atomic mass is 16.3. The maximum Gasteiger partial charge on any atom is 0.273 e. The number of nitrogens with one attached hydrogen (secondary N) is 3. The minimum Gasteiger partial charge on any atom is -0.379 e. The summed E-state index contributed by atoms with van der Waals surface area (Å²) in [5, 5.41) is 33.1. The van der Waals surface area contributed by atoms with Gasteiger partial charge in [0.2, 0.25) is 5.91 Å². The molecular formula is C33H35BN10O4. The Morgan fingerprint density at radius 1 is 1.10 bits per heavy atom. The van der Waals surface area contributed by atoms with Gasteiger partial charge >= 0.3 is 0 Å². The van der Waals surface area contributed by atoms with Crippen LogP contribution in [0.3, 0.4) is 0 Å². The summed E-state index contributed by atoms with van der Waals surface area (Å²) in [6.07, 6.45) is 4.97. The van der Waals surface area contributed by atoms with Gasteiger partial charge in [0.15, 0.2) is 17.8 Å². The van der Waals surface area contributed by atoms with Crippen LogP contribution in [-0.2, 0) is 10.4 Å². The van der Waals surface area contributed by atoms with Gasteiger partial charge in [-0.25, -0.2) is 4.98 Å². The number of pyridine rings is 1. The van der Waals surface area contributed by atoms with Crippen molar-refractivity contribution < 1.29 is 19.5 Å². The van der Waals surface area contributed by atoms with E-state index in [1.807, 2.05) is 36.1 Å². The van der Waals surface area contributed by atoms with E-state index in [0.717, 1.165) is 47.5 Å². The molecule has 4 aromatic rings. The number of nitrogens with zero attached hydrogens (tertiary/aromatic N) is 7. The lowest BCUT2D eigenvalue weighted by molar-refractivity contribution is -0.117. The fourth-order valence-corrected chi connectivity index (χ4v) is 6.58. The van der Waals surface area contributed by atoms with Gasteiger partial charge in [0.1, 0.15) is 19.2 Å². The second-order valence-electron chi connectivity index (χ2n) is 12.4. The summed E-state index contributed by atoms with van der Waals surface area (Å²) in [4.78, 5) is 44.6. The highest BCUT2D eigenvalue weighted by Crippen LogP contribution is 2.50. The number of hydrogen-bond donors (Lipinski definition) is 4. The van der Waals surface area contributed by atoms with E-state index in [1.54, 1.807) is 29.2 Å². The minimum absolute atomic E-state index is 0.0142. The summed E-state index contributed by atoms with van der Waals surface area (Å²) in [5.41, 5.74) is 3.73. The van der Waals surface area contributed by atoms with E-state index in [1.165, 1.54) is 7.05 Å². The van der Waals surface area contributed by atoms with Crippen molar-refractivity contribution in [1.82, 2.24) is 35.2 Å². The highest BCUT2D eigenvalue weighted by molar-refractivity contribution is 6.14. The van der Waals surface area contributed by atoms with Crippen LogP contribution in [0.2, 0.25) is 0 Å². The van der Waals surface area contributed by atoms with E-state index in [9.17, 15) is 19.5 Å². The van der Waals surface area contributed by atoms with Crippen molar-refractivity contribution in [3.05, 3.63) is 71.4 Å². The van der Waals surface area contributed by atoms with Crippen molar-refractivity contribution >= 4 is 48.8 Å². The van der Waals surface area contributed by atoms with Gasteiger partial charge in [0.25, 0.3) is 5.91 Å². The Labute approximate surface area is 278 Å². The first-order valence-electron chi connectivity index (χ1n) is 15.9. The number of anilines is 4. The molecule has 4 N–H and O–H groups in total. The first kappa shape index (κ1) is 31.5. The summed E-state index contributed by atoms with van der Waals surface area (Å²) in [6, 6.07) is 12.3. The van der Waals surface area contributed by atoms with Gasteiger partial charge < -0.3 is 26.0 Å². The Balaban J connectivity index is 1.19. The monoisotopic (exact) mass is 646 g/mol. The number of fused-ring (bicyclic) bond motifs is 3. The lowest BCUT2D eigenvalue weighted by Crippen LogP contribution is -2.59. The molecule has 14 nitrogen and oxygen atoms in total. The van der Waals surface area contributed by atoms with Crippen LogP contribution < -0.4 is 20.9 Å². The number of aliphatic hydroxyl groups is 1. The molecule has 2 unspecified atom stereocenters. The zero-order valence-electron chi connectivity index (χ0n) is 26.8. The lowest BCUT2D eigenvalue weighted by atomic mass is 9.82. The largest absolute Gasteiger partial charge is 0.379 e. The number of rotatable bonds is 10. The fraction of sp³-hybridized carbons (Fsp3) is 0.364. The molecule has 0 bridgehead atoms. The third-order valence-electron chi connectivity index (χ3n) is 9.35. The average molecular weight is 647 g/mol. The van der Waals surface area contributed by atoms with Gasteiger partial charge in [-0.1, -0.05) is 25.1 Å². The Morgan fingerprint density at radius 3 is 2.58 bits per heavy atom. The van der Waals surface area contributed by atoms with Crippen molar-refractivity contribution in [3.63, 3.8) is 0 Å². The summed E-state index contributed by atoms with van der Waals surface area (Å²) in [7, 11) is 9.88. The van der Waals surface area contributed by atoms with E-state index in [0.29, 0.717) is 25.1 Å². The molecule has 1 aromatic carbocycles. The molecule has 1 saturated heterocycles. The number of carbonyl (C=O) groups excluding carboxylic acids is 3. The average Bonchev–Trinajstić information content (AvgIpc) is 3.84. The van der Waals surface area contributed by atoms with E-state index >= 15 is 0 Å². The number of carbonyl (C=O) groups is 3. The smallest absolute Gasteiger partial charge is 0.273 e. The van der Waals surface area contributed by atoms with Crippen LogP contribution in [-0.4, -0.2) is 88.1 Å². The zero-order chi connectivity index (χ0) is 33.7. The van der Waals surface area contributed by atoms with Crippen molar-refractivity contribution in [2.75, 3.05) is 42.7 Å². The number of hydrogen-bond acceptors (Lipinski definition) is 11. The van der Waals surface area contributed by atoms with Crippen LogP contribution in [0.1, 0.15) is 70.6 Å². The Bertz CT molecular complexity index is 1920. The molecule has 48 heavy (non-hydrogen) atoms. The number of benzene rings is 1. The lowest BCUT2D eigenvalue weighted by Gasteiger charge is -2.49. The molecule has 3 aromatic heterocycles. The second-order valence-corrected chi connectivity index (χ2v) is 12.4. The topological polar surface area (TPSA) is 170 Å². The number of amides is 2. The first-order valence-corrected chi connectivity index (χ1v) is 15.9. The van der Waals surface area contributed by atoms with Crippen LogP contribution in [0.25, 0.3) is 11.1 Å². The molecule has 2 amide bonds. The van der Waals surface area contributed by atoms with E-state index in [4.69, 9.17) is 12.9 Å². The van der Waals surface area contributed by atoms with E-state index in [2.05, 4.69) is 43.0 Å². The first-order chi connectivity index (χ1) is 23.1. The molecule has 244 valence electrons. The van der Waals surface area contributed by atoms with Gasteiger partial charge in [0, 0.05) is 50.3 Å². The molecule has 2 radical (unpaired) electrons. The number of likely N-dealkylation sites (tertiary alicyclic amines) is 1. The van der Waals surface area contributed by atoms with E-state index < -0.39 is 11.5 Å². The molecule has 5 heterocycles. The Morgan fingerprint density at radius 2 is 1.88 bits per heavy atom. The zero-order valence-corrected chi connectivity index (χ0v) is 26.8. The molecule has 1 saturated carbocycles. The third-order valence-corrected chi connectivity index (χ3v) is 9.35. The second kappa shape index (κ2) is 12.1. The van der Waals surface area contributed by atoms with Gasteiger partial charge in [-0.05, 0) is 37.5 Å². The SMILES string of the molecule is [B]C(O)(c1cccc(C=O)n1)N1CC(n2ncc3c2C(CC)N(C)c2c(Nc4cc(NC(=O)C5CC5)nnc4C(=O)NC)cccc2-3)C1. The highest BCUT2D eigenvalue weighted by Gasteiger charge is 2.44. The number of aldehydes is 1. The molecule has 2 fully saturated rings. The predicted octanol–water partition coefficient (Wildman–Crippen LogP) is 2.73. The molecular weight excluding hydrogens is 611 g/mol. The van der Waals surface area contributed by atoms with Gasteiger partial charge in [-0.2, -0.15) is 5.10 Å². The Hall–Kier alpha value is -5.15. The summed E-state index contributed by atoms with van der Waals surface area (Å²) < 4.78 is 2.02. The normalized spacial score (nSPS) is 18.6. The molecule has 1 aliphatic carbocycles. The van der Waals surface area contributed by atoms with Crippen LogP contribution in [0.4, 0.5) is 22.9 Å². The quantitative estimate of drug-likeness (QED) is 0.148. The summed E-state index contributed by atoms with van der Waals surface area (Å²) in [6.45, 7) is 2.98. The predicted molar refractivity (Wildman–Crippen MR) is 179 cm³/mol. The molecule has 15 heteroatoms. The van der Waals surface area contributed by atoms with Crippen LogP contribution in [0.15, 0.2) is 48.7 Å². The van der Waals surface area contributed by atoms with Crippen LogP contribution >= 0.6 is 0 Å². The molecule has 2 aliphatic heterocycles. The minimum atomic E-state index is -1.84. The summed E-state index contributed by atoms with van der Waals surface area (Å²) >= 11 is 0. The number of para-hydroxylation sites is 1. The molecule has 7 rings (SSSR count). The standard InChI is InChI=1S/C33H35BN10O4/c1-4-25-30-22(14-36-44(30)20-15-43(16-20)33(34,48)26-10-5-7-19(17-45)37-26)21-8-6-9-23(29(21)42(25)3)38-24-13-27(39-31(46)18-11-12-18)40-41-28(24)32(47)35-2/h5-10,13-14,17-18,20,25,48H,4,11-12,15-16H2,1-3H3,(H,35,47)(H2,38,39,40,46). The van der Waals surface area contributed by atoms with Crippen molar-refractivity contribution in [2.45, 2.75) is 43.9 Å². The maximum absolute atomic E-state index is 12.8. The van der Waals surface area contributed by atoms with Crippen molar-refractivity contribution in [2.24, 2.45) is 5.92 Å². The summed E-state index contributed by atoms with van der Waals surface area (Å²) in [5.74, 6) is -0.269. The van der Waals surface area contributed by atoms with Gasteiger partial charge in [-0.15, -0.1) is 10.2 Å². The van der Waals surface area contributed by atoms with Crippen LogP contribution in [0.5, 0.6) is 0 Å². The molecule has 0 spiro atoms. The van der Waals surface area contributed by atoms with Crippen molar-refractivity contribution in [3.8, 4) is 11.1 Å². The van der Waals surface area contributed by atoms with Crippen molar-refractivity contribution in [1.29, 1.82) is 0 Å². The third kappa shape index (κ3) is 5.38. The number of aromatic nitrogens is 5. The fourth-order valence-electron chi connectivity index (χ4n) is 6.58. The molecule has 3 aliphatic rings. The molecule has 2 atom stereocenters. The Kier molecular flexibility index (Phi) is 7.96. The maximum atomic E-state index is 12.8. The van der Waals surface area contributed by atoms with E-state index in [-0.39, 0.29) is 46.8 Å².